The number of Topliss-reactive ketones (excluding diaryl/α,β-unsaturated/α-hetero) is 2. The molecule has 43 heavy (non-hydrogen) atoms. The van der Waals surface area contributed by atoms with E-state index in [-0.39, 0.29) is 11.6 Å². The molecule has 0 aliphatic heterocycles. The predicted molar refractivity (Wildman–Crippen MR) is 159 cm³/mol. The van der Waals surface area contributed by atoms with Crippen molar-refractivity contribution in [2.75, 3.05) is 27.4 Å². The second-order valence-corrected chi connectivity index (χ2v) is 12.8. The highest BCUT2D eigenvalue weighted by Gasteiger charge is 2.49. The van der Waals surface area contributed by atoms with Crippen LogP contribution in [0.3, 0.4) is 0 Å². The molecule has 12 heteroatoms. The molecule has 0 saturated heterocycles. The molecule has 6 rings (SSSR count). The molecule has 0 unspecified atom stereocenters. The number of ketones is 2. The van der Waals surface area contributed by atoms with E-state index in [1.165, 1.54) is 22.7 Å². The summed E-state index contributed by atoms with van der Waals surface area (Å²) in [6, 6.07) is 10.8. The molecule has 0 spiro atoms. The van der Waals surface area contributed by atoms with Crippen molar-refractivity contribution in [2.45, 2.75) is 19.3 Å². The van der Waals surface area contributed by atoms with Crippen molar-refractivity contribution in [2.24, 2.45) is 23.7 Å². The average molecular weight is 625 g/mol. The van der Waals surface area contributed by atoms with Gasteiger partial charge in [-0.05, 0) is 47.9 Å². The first kappa shape index (κ1) is 28.9. The van der Waals surface area contributed by atoms with Gasteiger partial charge in [0.25, 0.3) is 0 Å². The molecule has 2 heterocycles. The first-order chi connectivity index (χ1) is 20.7. The van der Waals surface area contributed by atoms with E-state index in [4.69, 9.17) is 29.2 Å². The molecule has 2 saturated carbocycles. The van der Waals surface area contributed by atoms with Gasteiger partial charge in [0.05, 0.1) is 49.0 Å². The number of carboxylic acids is 2. The van der Waals surface area contributed by atoms with E-state index in [0.717, 1.165) is 20.2 Å². The first-order valence-electron chi connectivity index (χ1n) is 13.7. The van der Waals surface area contributed by atoms with E-state index < -0.39 is 35.6 Å². The molecule has 2 fully saturated rings. The number of carbonyl (C=O) groups is 4. The Balaban J connectivity index is 1.07. The highest BCUT2D eigenvalue weighted by atomic mass is 32.1. The Kier molecular flexibility index (Phi) is 7.74. The van der Waals surface area contributed by atoms with Gasteiger partial charge in [0, 0.05) is 39.8 Å². The minimum absolute atomic E-state index is 0.138. The number of carboxylic acid groups (broad SMARTS) is 2. The highest BCUT2D eigenvalue weighted by molar-refractivity contribution is 7.21. The van der Waals surface area contributed by atoms with Gasteiger partial charge in [0.2, 0.25) is 0 Å². The lowest BCUT2D eigenvalue weighted by Crippen LogP contribution is -2.06. The normalized spacial score (nSPS) is 20.5. The monoisotopic (exact) mass is 624 g/mol. The average Bonchev–Trinajstić information content (AvgIpc) is 3.89. The van der Waals surface area contributed by atoms with Gasteiger partial charge in [-0.15, -0.1) is 22.7 Å². The molecule has 0 radical (unpaired) electrons. The van der Waals surface area contributed by atoms with Crippen LogP contribution in [0.25, 0.3) is 20.2 Å². The Morgan fingerprint density at radius 1 is 0.651 bits per heavy atom. The fraction of sp³-hybridized carbons (Fsp3) is 0.355. The molecule has 2 aliphatic rings. The molecule has 4 aromatic rings. The third-order valence-corrected chi connectivity index (χ3v) is 10.0. The summed E-state index contributed by atoms with van der Waals surface area (Å²) in [7, 11) is 3.08. The summed E-state index contributed by atoms with van der Waals surface area (Å²) in [4.78, 5) is 48.9. The Labute approximate surface area is 253 Å². The second kappa shape index (κ2) is 11.5. The zero-order valence-corrected chi connectivity index (χ0v) is 24.9. The van der Waals surface area contributed by atoms with Crippen molar-refractivity contribution in [3.8, 4) is 23.0 Å². The lowest BCUT2D eigenvalue weighted by Gasteiger charge is -2.13. The van der Waals surface area contributed by atoms with Gasteiger partial charge in [-0.25, -0.2) is 0 Å². The van der Waals surface area contributed by atoms with Crippen LogP contribution in [0, 0.1) is 23.7 Å². The number of rotatable bonds is 14. The van der Waals surface area contributed by atoms with Crippen LogP contribution >= 0.6 is 22.7 Å². The quantitative estimate of drug-likeness (QED) is 0.131. The number of hydrogen-bond donors (Lipinski definition) is 2. The Bertz CT molecular complexity index is 1640. The van der Waals surface area contributed by atoms with Crippen molar-refractivity contribution in [1.82, 2.24) is 0 Å². The smallest absolute Gasteiger partial charge is 0.307 e. The molecule has 2 N–H and O–H groups in total. The van der Waals surface area contributed by atoms with E-state index in [9.17, 15) is 19.2 Å². The summed E-state index contributed by atoms with van der Waals surface area (Å²) in [6.45, 7) is 0.655. The van der Waals surface area contributed by atoms with E-state index in [1.807, 2.05) is 24.3 Å². The largest absolute Gasteiger partial charge is 0.493 e. The van der Waals surface area contributed by atoms with Gasteiger partial charge in [0.15, 0.2) is 34.6 Å². The standard InChI is InChI=1S/C31H28O10S2/c1-38-20-12-24-14(8-26(42-24)28(32)16-10-18(16)30(34)35)6-22(20)40-4-3-5-41-23-7-15-9-27(43-25(15)13-21(23)39-2)29(33)17-11-19(17)31(36)37/h6-9,12-13,16-19H,3-5,10-11H2,1-2H3,(H,34,35)(H,36,37)/t16-,17-,18+,19+/m1/s1. The maximum Gasteiger partial charge on any atom is 0.307 e. The molecule has 2 aromatic heterocycles. The Morgan fingerprint density at radius 2 is 1.07 bits per heavy atom. The fourth-order valence-electron chi connectivity index (χ4n) is 5.19. The molecule has 4 atom stereocenters. The molecule has 10 nitrogen and oxygen atoms in total. The lowest BCUT2D eigenvalue weighted by molar-refractivity contribution is -0.139. The van der Waals surface area contributed by atoms with E-state index in [1.54, 1.807) is 26.4 Å². The van der Waals surface area contributed by atoms with Crippen LogP contribution in [0.2, 0.25) is 0 Å². The number of carbonyl (C=O) groups excluding carboxylic acids is 2. The molecule has 0 bridgehead atoms. The number of methoxy groups -OCH3 is 2. The van der Waals surface area contributed by atoms with Gasteiger partial charge >= 0.3 is 11.9 Å². The number of aliphatic carboxylic acids is 2. The van der Waals surface area contributed by atoms with Gasteiger partial charge in [-0.3, -0.25) is 19.2 Å². The zero-order chi connectivity index (χ0) is 30.4. The highest BCUT2D eigenvalue weighted by Crippen LogP contribution is 2.45. The molecule has 2 aromatic carbocycles. The number of fused-ring (bicyclic) bond motifs is 2. The maximum atomic E-state index is 12.7. The summed E-state index contributed by atoms with van der Waals surface area (Å²) in [6.07, 6.45) is 1.30. The predicted octanol–water partition coefficient (Wildman–Crippen LogP) is 5.79. The number of benzene rings is 2. The molecule has 224 valence electrons. The summed E-state index contributed by atoms with van der Waals surface area (Å²) in [5.74, 6) is -2.14. The second-order valence-electron chi connectivity index (χ2n) is 10.7. The van der Waals surface area contributed by atoms with Gasteiger partial charge in [-0.2, -0.15) is 0 Å². The van der Waals surface area contributed by atoms with Crippen LogP contribution in [0.4, 0.5) is 0 Å². The van der Waals surface area contributed by atoms with Crippen LogP contribution in [-0.2, 0) is 9.59 Å². The third-order valence-electron chi connectivity index (χ3n) is 7.78. The van der Waals surface area contributed by atoms with Crippen molar-refractivity contribution >= 4 is 66.4 Å². The van der Waals surface area contributed by atoms with Gasteiger partial charge in [0.1, 0.15) is 0 Å². The Morgan fingerprint density at radius 3 is 1.42 bits per heavy atom. The first-order valence-corrected chi connectivity index (χ1v) is 15.3. The Hall–Kier alpha value is -4.16. The van der Waals surface area contributed by atoms with Crippen LogP contribution in [-0.4, -0.2) is 61.2 Å². The van der Waals surface area contributed by atoms with Crippen LogP contribution in [0.1, 0.15) is 38.6 Å². The SMILES string of the molecule is COc1cc2sc(C(=O)[C@@H]3C[C@@H]3C(=O)O)cc2cc1OCCCOc1cc2cc(C(=O)[C@@H]3C[C@@H]3C(=O)O)sc2cc1OC. The van der Waals surface area contributed by atoms with Gasteiger partial charge in [-0.1, -0.05) is 0 Å². The minimum Gasteiger partial charge on any atom is -0.493 e. The summed E-state index contributed by atoms with van der Waals surface area (Å²) >= 11 is 2.63. The molecular formula is C31H28O10S2. The maximum absolute atomic E-state index is 12.7. The molecular weight excluding hydrogens is 596 g/mol. The fourth-order valence-corrected chi connectivity index (χ4v) is 7.34. The van der Waals surface area contributed by atoms with Crippen molar-refractivity contribution in [3.05, 3.63) is 46.2 Å². The van der Waals surface area contributed by atoms with Gasteiger partial charge < -0.3 is 29.2 Å². The number of ether oxygens (including phenoxy) is 4. The van der Waals surface area contributed by atoms with Crippen LogP contribution < -0.4 is 18.9 Å². The van der Waals surface area contributed by atoms with E-state index in [0.29, 0.717) is 65.2 Å². The molecule has 0 amide bonds. The number of thiophene rings is 2. The minimum atomic E-state index is -0.932. The topological polar surface area (TPSA) is 146 Å². The van der Waals surface area contributed by atoms with E-state index >= 15 is 0 Å². The van der Waals surface area contributed by atoms with Crippen LogP contribution in [0.5, 0.6) is 23.0 Å². The summed E-state index contributed by atoms with van der Waals surface area (Å²) in [5, 5.41) is 19.9. The summed E-state index contributed by atoms with van der Waals surface area (Å²) in [5.41, 5.74) is 0. The lowest BCUT2D eigenvalue weighted by atomic mass is 10.1. The van der Waals surface area contributed by atoms with Crippen molar-refractivity contribution in [1.29, 1.82) is 0 Å². The third kappa shape index (κ3) is 5.76. The van der Waals surface area contributed by atoms with Crippen molar-refractivity contribution < 1.29 is 48.3 Å². The van der Waals surface area contributed by atoms with Crippen LogP contribution in [0.15, 0.2) is 36.4 Å². The van der Waals surface area contributed by atoms with Crippen molar-refractivity contribution in [3.63, 3.8) is 0 Å². The summed E-state index contributed by atoms with van der Waals surface area (Å²) < 4.78 is 24.7. The van der Waals surface area contributed by atoms with E-state index in [2.05, 4.69) is 0 Å². The number of hydrogen-bond acceptors (Lipinski definition) is 10. The zero-order valence-electron chi connectivity index (χ0n) is 23.3. The molecule has 2 aliphatic carbocycles.